The summed E-state index contributed by atoms with van der Waals surface area (Å²) in [5.41, 5.74) is 1.62. The van der Waals surface area contributed by atoms with Crippen molar-refractivity contribution in [2.75, 3.05) is 31.1 Å². The van der Waals surface area contributed by atoms with Crippen molar-refractivity contribution in [3.8, 4) is 6.07 Å². The van der Waals surface area contributed by atoms with Crippen LogP contribution in [0.15, 0.2) is 42.9 Å². The molecule has 0 bridgehead atoms. The molecule has 1 N–H and O–H groups in total. The SMILES string of the molecule is C[C@@H](NC(=O)N1CCN(c2cc(C#N)ccn2)CC1)c1ccncc1. The van der Waals surface area contributed by atoms with Gasteiger partial charge in [0, 0.05) is 44.8 Å². The van der Waals surface area contributed by atoms with Gasteiger partial charge in [-0.3, -0.25) is 4.98 Å². The fourth-order valence-corrected chi connectivity index (χ4v) is 2.81. The van der Waals surface area contributed by atoms with Crippen LogP contribution in [-0.2, 0) is 0 Å². The molecule has 0 radical (unpaired) electrons. The zero-order valence-electron chi connectivity index (χ0n) is 14.1. The van der Waals surface area contributed by atoms with Crippen LogP contribution in [0.5, 0.6) is 0 Å². The van der Waals surface area contributed by atoms with Crippen molar-refractivity contribution < 1.29 is 4.79 Å². The molecular formula is C18H20N6O. The Hall–Kier alpha value is -3.14. The molecule has 2 aromatic heterocycles. The van der Waals surface area contributed by atoms with Crippen molar-refractivity contribution in [1.82, 2.24) is 20.2 Å². The maximum atomic E-state index is 12.4. The largest absolute Gasteiger partial charge is 0.353 e. The number of pyridine rings is 2. The van der Waals surface area contributed by atoms with Crippen molar-refractivity contribution in [1.29, 1.82) is 5.26 Å². The summed E-state index contributed by atoms with van der Waals surface area (Å²) >= 11 is 0. The van der Waals surface area contributed by atoms with E-state index in [1.54, 1.807) is 30.7 Å². The highest BCUT2D eigenvalue weighted by Crippen LogP contribution is 2.16. The van der Waals surface area contributed by atoms with E-state index in [-0.39, 0.29) is 12.1 Å². The molecule has 0 spiro atoms. The van der Waals surface area contributed by atoms with Gasteiger partial charge in [-0.05, 0) is 36.8 Å². The number of urea groups is 1. The molecule has 3 rings (SSSR count). The van der Waals surface area contributed by atoms with E-state index in [0.717, 1.165) is 11.4 Å². The zero-order valence-corrected chi connectivity index (χ0v) is 14.1. The third kappa shape index (κ3) is 4.04. The van der Waals surface area contributed by atoms with Gasteiger partial charge in [-0.1, -0.05) is 0 Å². The summed E-state index contributed by atoms with van der Waals surface area (Å²) in [7, 11) is 0. The number of aromatic nitrogens is 2. The molecule has 1 aliphatic rings. The molecule has 1 atom stereocenters. The van der Waals surface area contributed by atoms with Crippen LogP contribution in [-0.4, -0.2) is 47.1 Å². The van der Waals surface area contributed by atoms with E-state index < -0.39 is 0 Å². The first kappa shape index (κ1) is 16.7. The van der Waals surface area contributed by atoms with Crippen LogP contribution < -0.4 is 10.2 Å². The Balaban J connectivity index is 1.55. The molecule has 1 fully saturated rings. The van der Waals surface area contributed by atoms with E-state index in [2.05, 4.69) is 26.3 Å². The van der Waals surface area contributed by atoms with Gasteiger partial charge in [-0.25, -0.2) is 9.78 Å². The Kier molecular flexibility index (Phi) is 5.09. The second kappa shape index (κ2) is 7.62. The van der Waals surface area contributed by atoms with E-state index in [0.29, 0.717) is 31.7 Å². The minimum atomic E-state index is -0.0671. The standard InChI is InChI=1S/C18H20N6O/c1-14(16-3-5-20-6-4-16)22-18(25)24-10-8-23(9-11-24)17-12-15(13-19)2-7-21-17/h2-7,12,14H,8-11H2,1H3,(H,22,25)/t14-/m1/s1. The molecule has 0 aromatic carbocycles. The van der Waals surface area contributed by atoms with Gasteiger partial charge < -0.3 is 15.1 Å². The molecule has 2 amide bonds. The average molecular weight is 336 g/mol. The molecule has 3 heterocycles. The summed E-state index contributed by atoms with van der Waals surface area (Å²) in [5, 5.41) is 12.0. The lowest BCUT2D eigenvalue weighted by molar-refractivity contribution is 0.191. The maximum absolute atomic E-state index is 12.4. The number of nitriles is 1. The number of amides is 2. The second-order valence-electron chi connectivity index (χ2n) is 5.94. The summed E-state index contributed by atoms with van der Waals surface area (Å²) in [6.45, 7) is 4.58. The lowest BCUT2D eigenvalue weighted by atomic mass is 10.1. The summed E-state index contributed by atoms with van der Waals surface area (Å²) in [4.78, 5) is 24.7. The molecule has 128 valence electrons. The smallest absolute Gasteiger partial charge is 0.317 e. The number of hydrogen-bond acceptors (Lipinski definition) is 5. The van der Waals surface area contributed by atoms with Crippen LogP contribution in [0, 0.1) is 11.3 Å². The first-order chi connectivity index (χ1) is 12.2. The van der Waals surface area contributed by atoms with Gasteiger partial charge in [-0.15, -0.1) is 0 Å². The number of nitrogens with one attached hydrogen (secondary N) is 1. The minimum Gasteiger partial charge on any atom is -0.353 e. The van der Waals surface area contributed by atoms with E-state index >= 15 is 0 Å². The van der Waals surface area contributed by atoms with Crippen molar-refractivity contribution in [2.45, 2.75) is 13.0 Å². The Morgan fingerprint density at radius 2 is 1.92 bits per heavy atom. The van der Waals surface area contributed by atoms with Gasteiger partial charge in [0.1, 0.15) is 5.82 Å². The lowest BCUT2D eigenvalue weighted by Crippen LogP contribution is -2.52. The van der Waals surface area contributed by atoms with E-state index in [1.807, 2.05) is 24.0 Å². The summed E-state index contributed by atoms with van der Waals surface area (Å²) in [6.07, 6.45) is 5.08. The van der Waals surface area contributed by atoms with E-state index in [9.17, 15) is 4.79 Å². The Labute approximate surface area is 146 Å². The normalized spacial score (nSPS) is 15.4. The highest BCUT2D eigenvalue weighted by atomic mass is 16.2. The van der Waals surface area contributed by atoms with Crippen LogP contribution in [0.25, 0.3) is 0 Å². The molecule has 0 saturated carbocycles. The van der Waals surface area contributed by atoms with Crippen LogP contribution in [0.4, 0.5) is 10.6 Å². The summed E-state index contributed by atoms with van der Waals surface area (Å²) in [6, 6.07) is 9.26. The number of carbonyl (C=O) groups is 1. The highest BCUT2D eigenvalue weighted by molar-refractivity contribution is 5.75. The quantitative estimate of drug-likeness (QED) is 0.926. The van der Waals surface area contributed by atoms with Gasteiger partial charge in [0.15, 0.2) is 0 Å². The predicted octanol–water partition coefficient (Wildman–Crippen LogP) is 1.94. The molecule has 1 saturated heterocycles. The highest BCUT2D eigenvalue weighted by Gasteiger charge is 2.23. The first-order valence-electron chi connectivity index (χ1n) is 8.24. The number of anilines is 1. The fourth-order valence-electron chi connectivity index (χ4n) is 2.81. The van der Waals surface area contributed by atoms with Crippen molar-refractivity contribution in [3.63, 3.8) is 0 Å². The predicted molar refractivity (Wildman–Crippen MR) is 93.9 cm³/mol. The fraction of sp³-hybridized carbons (Fsp3) is 0.333. The average Bonchev–Trinajstić information content (AvgIpc) is 2.68. The van der Waals surface area contributed by atoms with Crippen molar-refractivity contribution in [2.24, 2.45) is 0 Å². The van der Waals surface area contributed by atoms with Gasteiger partial charge in [-0.2, -0.15) is 5.26 Å². The monoisotopic (exact) mass is 336 g/mol. The van der Waals surface area contributed by atoms with Crippen molar-refractivity contribution in [3.05, 3.63) is 54.0 Å². The Morgan fingerprint density at radius 1 is 1.20 bits per heavy atom. The molecule has 2 aromatic rings. The van der Waals surface area contributed by atoms with Crippen molar-refractivity contribution >= 4 is 11.8 Å². The molecule has 7 heteroatoms. The molecule has 0 unspecified atom stereocenters. The number of piperazine rings is 1. The van der Waals surface area contributed by atoms with E-state index in [4.69, 9.17) is 5.26 Å². The van der Waals surface area contributed by atoms with Crippen LogP contribution in [0.3, 0.4) is 0 Å². The number of carbonyl (C=O) groups excluding carboxylic acids is 1. The second-order valence-corrected chi connectivity index (χ2v) is 5.94. The van der Waals surface area contributed by atoms with Crippen LogP contribution >= 0.6 is 0 Å². The van der Waals surface area contributed by atoms with Gasteiger partial charge >= 0.3 is 6.03 Å². The molecule has 1 aliphatic heterocycles. The Bertz CT molecular complexity index is 765. The first-order valence-corrected chi connectivity index (χ1v) is 8.24. The number of nitrogens with zero attached hydrogens (tertiary/aromatic N) is 5. The third-order valence-corrected chi connectivity index (χ3v) is 4.31. The third-order valence-electron chi connectivity index (χ3n) is 4.31. The lowest BCUT2D eigenvalue weighted by Gasteiger charge is -2.36. The summed E-state index contributed by atoms with van der Waals surface area (Å²) in [5.74, 6) is 0.782. The Morgan fingerprint density at radius 3 is 2.60 bits per heavy atom. The van der Waals surface area contributed by atoms with Gasteiger partial charge in [0.2, 0.25) is 0 Å². The minimum absolute atomic E-state index is 0.0669. The maximum Gasteiger partial charge on any atom is 0.317 e. The van der Waals surface area contributed by atoms with Crippen LogP contribution in [0.1, 0.15) is 24.1 Å². The van der Waals surface area contributed by atoms with E-state index in [1.165, 1.54) is 0 Å². The molecule has 7 nitrogen and oxygen atoms in total. The molecular weight excluding hydrogens is 316 g/mol. The topological polar surface area (TPSA) is 85.2 Å². The number of hydrogen-bond donors (Lipinski definition) is 1. The molecule has 25 heavy (non-hydrogen) atoms. The van der Waals surface area contributed by atoms with Gasteiger partial charge in [0.05, 0.1) is 17.7 Å². The molecule has 0 aliphatic carbocycles. The zero-order chi connectivity index (χ0) is 17.6. The number of rotatable bonds is 3. The summed E-state index contributed by atoms with van der Waals surface area (Å²) < 4.78 is 0. The van der Waals surface area contributed by atoms with Crippen LogP contribution in [0.2, 0.25) is 0 Å². The van der Waals surface area contributed by atoms with Gasteiger partial charge in [0.25, 0.3) is 0 Å².